The number of pyridine rings is 1. The Morgan fingerprint density at radius 3 is 2.47 bits per heavy atom. The molecule has 6 heteroatoms. The molecule has 1 aromatic heterocycles. The Labute approximate surface area is 112 Å². The summed E-state index contributed by atoms with van der Waals surface area (Å²) in [6.07, 6.45) is 1.55. The third-order valence-corrected chi connectivity index (χ3v) is 4.48. The number of nitrogens with zero attached hydrogens (tertiary/aromatic N) is 2. The maximum Gasteiger partial charge on any atom is 0.240 e. The lowest BCUT2D eigenvalue weighted by Crippen LogP contribution is -2.28. The number of nitrogens with two attached hydrogens (primary N) is 1. The predicted octanol–water partition coefficient (Wildman–Crippen LogP) is 1.63. The molecule has 2 aromatic rings. The summed E-state index contributed by atoms with van der Waals surface area (Å²) in [5, 5.41) is 0. The molecule has 0 atom stereocenters. The average Bonchev–Trinajstić information content (AvgIpc) is 2.41. The van der Waals surface area contributed by atoms with E-state index in [1.54, 1.807) is 48.7 Å². The van der Waals surface area contributed by atoms with Crippen LogP contribution in [0, 0.1) is 0 Å². The van der Waals surface area contributed by atoms with E-state index < -0.39 is 10.0 Å². The zero-order valence-corrected chi connectivity index (χ0v) is 11.3. The van der Waals surface area contributed by atoms with E-state index in [1.165, 1.54) is 11.4 Å². The molecule has 0 spiro atoms. The second-order valence-corrected chi connectivity index (χ2v) is 6.11. The molecule has 2 rings (SSSR count). The fourth-order valence-electron chi connectivity index (χ4n) is 1.64. The number of sulfonamides is 1. The zero-order chi connectivity index (χ0) is 13.9. The van der Waals surface area contributed by atoms with Crippen molar-refractivity contribution in [2.75, 3.05) is 17.1 Å². The smallest absolute Gasteiger partial charge is 0.240 e. The Bertz CT molecular complexity index is 657. The second-order valence-electron chi connectivity index (χ2n) is 4.11. The largest absolute Gasteiger partial charge is 0.398 e. The van der Waals surface area contributed by atoms with Crippen molar-refractivity contribution in [1.82, 2.24) is 4.98 Å². The van der Waals surface area contributed by atoms with Crippen LogP contribution < -0.4 is 10.0 Å². The van der Waals surface area contributed by atoms with E-state index in [0.717, 1.165) is 0 Å². The topological polar surface area (TPSA) is 76.3 Å². The van der Waals surface area contributed by atoms with Crippen LogP contribution in [-0.4, -0.2) is 20.4 Å². The van der Waals surface area contributed by atoms with Crippen molar-refractivity contribution in [1.29, 1.82) is 0 Å². The number of para-hydroxylation sites is 1. The first-order chi connectivity index (χ1) is 9.00. The highest BCUT2D eigenvalue weighted by Crippen LogP contribution is 2.19. The van der Waals surface area contributed by atoms with E-state index in [1.807, 2.05) is 0 Å². The Hall–Kier alpha value is -2.08. The van der Waals surface area contributed by atoms with E-state index in [4.69, 9.17) is 5.73 Å². The third kappa shape index (κ3) is 3.03. The number of hydrogen-bond donors (Lipinski definition) is 1. The summed E-state index contributed by atoms with van der Waals surface area (Å²) in [6, 6.07) is 12.1. The molecule has 0 aliphatic carbocycles. The van der Waals surface area contributed by atoms with Crippen LogP contribution >= 0.6 is 0 Å². The van der Waals surface area contributed by atoms with E-state index in [2.05, 4.69) is 4.98 Å². The average molecular weight is 277 g/mol. The normalized spacial score (nSPS) is 11.2. The standard InChI is InChI=1S/C13H15N3O2S/c1-16(13-8-4-5-9-15-13)19(17,18)10-11-6-2-3-7-12(11)14/h2-9H,10,14H2,1H3. The summed E-state index contributed by atoms with van der Waals surface area (Å²) in [5.41, 5.74) is 6.83. The molecule has 0 saturated carbocycles. The molecule has 1 heterocycles. The van der Waals surface area contributed by atoms with Gasteiger partial charge < -0.3 is 5.73 Å². The van der Waals surface area contributed by atoms with Crippen LogP contribution in [0.15, 0.2) is 48.7 Å². The molecule has 2 N–H and O–H groups in total. The van der Waals surface area contributed by atoms with Gasteiger partial charge in [0.05, 0.1) is 5.75 Å². The molecule has 100 valence electrons. The van der Waals surface area contributed by atoms with Crippen molar-refractivity contribution in [3.8, 4) is 0 Å². The minimum atomic E-state index is -3.50. The van der Waals surface area contributed by atoms with E-state index in [-0.39, 0.29) is 5.75 Å². The molecule has 0 fully saturated rings. The third-order valence-electron chi connectivity index (χ3n) is 2.78. The fourth-order valence-corrected chi connectivity index (χ4v) is 2.88. The molecule has 0 aliphatic heterocycles. The van der Waals surface area contributed by atoms with Gasteiger partial charge in [0.25, 0.3) is 0 Å². The lowest BCUT2D eigenvalue weighted by Gasteiger charge is -2.18. The molecule has 19 heavy (non-hydrogen) atoms. The number of nitrogen functional groups attached to an aromatic ring is 1. The van der Waals surface area contributed by atoms with E-state index >= 15 is 0 Å². The van der Waals surface area contributed by atoms with E-state index in [0.29, 0.717) is 17.1 Å². The highest BCUT2D eigenvalue weighted by atomic mass is 32.2. The minimum Gasteiger partial charge on any atom is -0.398 e. The van der Waals surface area contributed by atoms with Gasteiger partial charge in [-0.1, -0.05) is 24.3 Å². The number of anilines is 2. The fraction of sp³-hybridized carbons (Fsp3) is 0.154. The van der Waals surface area contributed by atoms with Crippen molar-refractivity contribution in [3.63, 3.8) is 0 Å². The Morgan fingerprint density at radius 1 is 1.16 bits per heavy atom. The van der Waals surface area contributed by atoms with Crippen molar-refractivity contribution < 1.29 is 8.42 Å². The predicted molar refractivity (Wildman–Crippen MR) is 76.1 cm³/mol. The summed E-state index contributed by atoms with van der Waals surface area (Å²) < 4.78 is 25.7. The molecule has 0 unspecified atom stereocenters. The Kier molecular flexibility index (Phi) is 3.71. The molecular weight excluding hydrogens is 262 g/mol. The van der Waals surface area contributed by atoms with Gasteiger partial charge in [-0.25, -0.2) is 13.4 Å². The first kappa shape index (κ1) is 13.4. The van der Waals surface area contributed by atoms with Crippen LogP contribution in [0.2, 0.25) is 0 Å². The maximum atomic E-state index is 12.3. The van der Waals surface area contributed by atoms with Crippen LogP contribution in [0.4, 0.5) is 11.5 Å². The second kappa shape index (κ2) is 5.27. The van der Waals surface area contributed by atoms with Crippen molar-refractivity contribution >= 4 is 21.5 Å². The van der Waals surface area contributed by atoms with Crippen LogP contribution in [0.25, 0.3) is 0 Å². The van der Waals surface area contributed by atoms with Crippen molar-refractivity contribution in [2.24, 2.45) is 0 Å². The molecule has 0 amide bonds. The highest BCUT2D eigenvalue weighted by Gasteiger charge is 2.20. The van der Waals surface area contributed by atoms with Crippen LogP contribution in [0.3, 0.4) is 0 Å². The summed E-state index contributed by atoms with van der Waals surface area (Å²) in [7, 11) is -2.02. The number of hydrogen-bond acceptors (Lipinski definition) is 4. The molecule has 0 aliphatic rings. The van der Waals surface area contributed by atoms with Crippen LogP contribution in [0.5, 0.6) is 0 Å². The van der Waals surface area contributed by atoms with Gasteiger partial charge in [0.15, 0.2) is 0 Å². The molecule has 1 aromatic carbocycles. The summed E-state index contributed by atoms with van der Waals surface area (Å²) in [6.45, 7) is 0. The molecule has 0 radical (unpaired) electrons. The lowest BCUT2D eigenvalue weighted by molar-refractivity contribution is 0.593. The van der Waals surface area contributed by atoms with Crippen molar-refractivity contribution in [3.05, 3.63) is 54.2 Å². The van der Waals surface area contributed by atoms with Gasteiger partial charge in [0.1, 0.15) is 5.82 Å². The van der Waals surface area contributed by atoms with Gasteiger partial charge in [0, 0.05) is 18.9 Å². The first-order valence-corrected chi connectivity index (χ1v) is 7.32. The van der Waals surface area contributed by atoms with Gasteiger partial charge in [-0.15, -0.1) is 0 Å². The number of rotatable bonds is 4. The molecule has 0 saturated heterocycles. The Balaban J connectivity index is 2.27. The summed E-state index contributed by atoms with van der Waals surface area (Å²) >= 11 is 0. The van der Waals surface area contributed by atoms with Crippen LogP contribution in [0.1, 0.15) is 5.56 Å². The molecule has 5 nitrogen and oxygen atoms in total. The minimum absolute atomic E-state index is 0.146. The maximum absolute atomic E-state index is 12.3. The first-order valence-electron chi connectivity index (χ1n) is 5.72. The van der Waals surface area contributed by atoms with Crippen molar-refractivity contribution in [2.45, 2.75) is 5.75 Å². The molecular formula is C13H15N3O2S. The number of aromatic nitrogens is 1. The Morgan fingerprint density at radius 2 is 1.84 bits per heavy atom. The quantitative estimate of drug-likeness (QED) is 0.862. The van der Waals surface area contributed by atoms with Crippen LogP contribution in [-0.2, 0) is 15.8 Å². The van der Waals surface area contributed by atoms with Gasteiger partial charge in [-0.3, -0.25) is 4.31 Å². The molecule has 0 bridgehead atoms. The summed E-state index contributed by atoms with van der Waals surface area (Å²) in [5.74, 6) is 0.240. The van der Waals surface area contributed by atoms with Gasteiger partial charge in [0.2, 0.25) is 10.0 Å². The summed E-state index contributed by atoms with van der Waals surface area (Å²) in [4.78, 5) is 4.02. The zero-order valence-electron chi connectivity index (χ0n) is 10.5. The number of benzene rings is 1. The SMILES string of the molecule is CN(c1ccccn1)S(=O)(=O)Cc1ccccc1N. The lowest BCUT2D eigenvalue weighted by atomic mass is 10.2. The highest BCUT2D eigenvalue weighted by molar-refractivity contribution is 7.92. The van der Waals surface area contributed by atoms with Gasteiger partial charge >= 0.3 is 0 Å². The van der Waals surface area contributed by atoms with Gasteiger partial charge in [-0.2, -0.15) is 0 Å². The van der Waals surface area contributed by atoms with Gasteiger partial charge in [-0.05, 0) is 23.8 Å². The van der Waals surface area contributed by atoms with E-state index in [9.17, 15) is 8.42 Å². The monoisotopic (exact) mass is 277 g/mol.